The molecule has 6 heteroatoms. The molecule has 1 atom stereocenters. The Morgan fingerprint density at radius 3 is 2.70 bits per heavy atom. The molecule has 0 radical (unpaired) electrons. The van der Waals surface area contributed by atoms with E-state index in [-0.39, 0.29) is 24.8 Å². The summed E-state index contributed by atoms with van der Waals surface area (Å²) in [5, 5.41) is 3.05. The molecule has 110 valence electrons. The van der Waals surface area contributed by atoms with E-state index in [4.69, 9.17) is 21.1 Å². The highest BCUT2D eigenvalue weighted by molar-refractivity contribution is 6.32. The zero-order chi connectivity index (χ0) is 15.0. The number of carbonyl (C=O) groups is 2. The standard InChI is InChI=1S/C14H18ClNO4/c1-3-19-13(17)8-9-16-14(18)10(2)20-12-7-5-4-6-11(12)15/h4-7,10H,3,8-9H2,1-2H3,(H,16,18). The van der Waals surface area contributed by atoms with Crippen molar-refractivity contribution >= 4 is 23.5 Å². The Bertz CT molecular complexity index is 464. The van der Waals surface area contributed by atoms with Crippen molar-refractivity contribution in [2.24, 2.45) is 0 Å². The van der Waals surface area contributed by atoms with E-state index in [0.29, 0.717) is 17.4 Å². The zero-order valence-electron chi connectivity index (χ0n) is 11.5. The highest BCUT2D eigenvalue weighted by Crippen LogP contribution is 2.24. The molecule has 0 aromatic heterocycles. The van der Waals surface area contributed by atoms with Gasteiger partial charge in [0.25, 0.3) is 5.91 Å². The third-order valence-corrected chi connectivity index (χ3v) is 2.76. The van der Waals surface area contributed by atoms with Gasteiger partial charge in [0.15, 0.2) is 6.10 Å². The van der Waals surface area contributed by atoms with Crippen LogP contribution in [0.4, 0.5) is 0 Å². The van der Waals surface area contributed by atoms with E-state index in [2.05, 4.69) is 5.32 Å². The van der Waals surface area contributed by atoms with E-state index < -0.39 is 6.10 Å². The van der Waals surface area contributed by atoms with Gasteiger partial charge in [-0.15, -0.1) is 0 Å². The van der Waals surface area contributed by atoms with Crippen LogP contribution in [0.2, 0.25) is 5.02 Å². The van der Waals surface area contributed by atoms with Crippen LogP contribution in [0, 0.1) is 0 Å². The molecular formula is C14H18ClNO4. The Morgan fingerprint density at radius 1 is 1.35 bits per heavy atom. The van der Waals surface area contributed by atoms with Crippen molar-refractivity contribution < 1.29 is 19.1 Å². The van der Waals surface area contributed by atoms with Crippen LogP contribution >= 0.6 is 11.6 Å². The normalized spacial score (nSPS) is 11.6. The minimum absolute atomic E-state index is 0.137. The van der Waals surface area contributed by atoms with Crippen molar-refractivity contribution in [1.82, 2.24) is 5.32 Å². The summed E-state index contributed by atoms with van der Waals surface area (Å²) in [4.78, 5) is 22.9. The molecule has 0 bridgehead atoms. The van der Waals surface area contributed by atoms with Gasteiger partial charge < -0.3 is 14.8 Å². The first kappa shape index (κ1) is 16.3. The molecule has 5 nitrogen and oxygen atoms in total. The molecule has 1 rings (SSSR count). The van der Waals surface area contributed by atoms with Gasteiger partial charge in [0.2, 0.25) is 0 Å². The van der Waals surface area contributed by atoms with Crippen LogP contribution in [0.25, 0.3) is 0 Å². The Kier molecular flexibility index (Phi) is 6.87. The first-order valence-electron chi connectivity index (χ1n) is 6.39. The summed E-state index contributed by atoms with van der Waals surface area (Å²) in [6, 6.07) is 6.92. The first-order chi connectivity index (χ1) is 9.54. The fourth-order valence-electron chi connectivity index (χ4n) is 1.45. The predicted octanol–water partition coefficient (Wildman–Crippen LogP) is 2.18. The second-order valence-electron chi connectivity index (χ2n) is 4.04. The van der Waals surface area contributed by atoms with E-state index in [9.17, 15) is 9.59 Å². The third-order valence-electron chi connectivity index (χ3n) is 2.44. The first-order valence-corrected chi connectivity index (χ1v) is 6.77. The predicted molar refractivity (Wildman–Crippen MR) is 75.8 cm³/mol. The fraction of sp³-hybridized carbons (Fsp3) is 0.429. The van der Waals surface area contributed by atoms with Gasteiger partial charge in [0.1, 0.15) is 5.75 Å². The van der Waals surface area contributed by atoms with Crippen molar-refractivity contribution in [2.75, 3.05) is 13.2 Å². The number of ether oxygens (including phenoxy) is 2. The Morgan fingerprint density at radius 2 is 2.05 bits per heavy atom. The number of hydrogen-bond acceptors (Lipinski definition) is 4. The van der Waals surface area contributed by atoms with E-state index in [1.807, 2.05) is 0 Å². The topological polar surface area (TPSA) is 64.6 Å². The number of nitrogens with one attached hydrogen (secondary N) is 1. The number of hydrogen-bond donors (Lipinski definition) is 1. The monoisotopic (exact) mass is 299 g/mol. The van der Waals surface area contributed by atoms with Crippen LogP contribution in [0.3, 0.4) is 0 Å². The molecule has 20 heavy (non-hydrogen) atoms. The second-order valence-corrected chi connectivity index (χ2v) is 4.44. The van der Waals surface area contributed by atoms with Crippen molar-refractivity contribution in [3.8, 4) is 5.75 Å². The van der Waals surface area contributed by atoms with Crippen molar-refractivity contribution in [3.05, 3.63) is 29.3 Å². The van der Waals surface area contributed by atoms with Crippen molar-refractivity contribution in [2.45, 2.75) is 26.4 Å². The van der Waals surface area contributed by atoms with Crippen LogP contribution in [0.1, 0.15) is 20.3 Å². The summed E-state index contributed by atoms with van der Waals surface area (Å²) in [5.74, 6) is -0.205. The minimum atomic E-state index is -0.697. The largest absolute Gasteiger partial charge is 0.479 e. The van der Waals surface area contributed by atoms with Gasteiger partial charge in [-0.05, 0) is 26.0 Å². The molecule has 1 unspecified atom stereocenters. The van der Waals surface area contributed by atoms with Gasteiger partial charge in [-0.25, -0.2) is 0 Å². The van der Waals surface area contributed by atoms with Gasteiger partial charge in [-0.2, -0.15) is 0 Å². The highest BCUT2D eigenvalue weighted by atomic mass is 35.5. The maximum atomic E-state index is 11.8. The quantitative estimate of drug-likeness (QED) is 0.784. The van der Waals surface area contributed by atoms with Crippen molar-refractivity contribution in [1.29, 1.82) is 0 Å². The van der Waals surface area contributed by atoms with E-state index in [0.717, 1.165) is 0 Å². The molecule has 0 aliphatic carbocycles. The summed E-state index contributed by atoms with van der Waals surface area (Å²) in [6.07, 6.45) is -0.560. The maximum absolute atomic E-state index is 11.8. The number of para-hydroxylation sites is 1. The molecule has 0 fully saturated rings. The van der Waals surface area contributed by atoms with Crippen LogP contribution in [-0.4, -0.2) is 31.1 Å². The van der Waals surface area contributed by atoms with Gasteiger partial charge in [0, 0.05) is 6.54 Å². The van der Waals surface area contributed by atoms with Crippen LogP contribution in [-0.2, 0) is 14.3 Å². The molecule has 0 saturated heterocycles. The summed E-state index contributed by atoms with van der Waals surface area (Å²) in [5.41, 5.74) is 0. The molecular weight excluding hydrogens is 282 g/mol. The Balaban J connectivity index is 2.36. The lowest BCUT2D eigenvalue weighted by Gasteiger charge is -2.15. The lowest BCUT2D eigenvalue weighted by atomic mass is 10.3. The third kappa shape index (κ3) is 5.48. The summed E-state index contributed by atoms with van der Waals surface area (Å²) in [6.45, 7) is 3.89. The number of carbonyl (C=O) groups excluding carboxylic acids is 2. The number of halogens is 1. The molecule has 1 aromatic carbocycles. The summed E-state index contributed by atoms with van der Waals surface area (Å²) in [7, 11) is 0. The van der Waals surface area contributed by atoms with E-state index in [1.54, 1.807) is 38.1 Å². The van der Waals surface area contributed by atoms with Gasteiger partial charge in [-0.1, -0.05) is 23.7 Å². The molecule has 0 aliphatic rings. The SMILES string of the molecule is CCOC(=O)CCNC(=O)C(C)Oc1ccccc1Cl. The van der Waals surface area contributed by atoms with Crippen molar-refractivity contribution in [3.63, 3.8) is 0 Å². The smallest absolute Gasteiger partial charge is 0.307 e. The van der Waals surface area contributed by atoms with Gasteiger partial charge >= 0.3 is 5.97 Å². The Labute approximate surface area is 123 Å². The number of benzene rings is 1. The number of esters is 1. The number of amides is 1. The Hall–Kier alpha value is -1.75. The highest BCUT2D eigenvalue weighted by Gasteiger charge is 2.15. The van der Waals surface area contributed by atoms with E-state index in [1.165, 1.54) is 0 Å². The summed E-state index contributed by atoms with van der Waals surface area (Å²) >= 11 is 5.94. The van der Waals surface area contributed by atoms with Gasteiger partial charge in [0.05, 0.1) is 18.1 Å². The lowest BCUT2D eigenvalue weighted by molar-refractivity contribution is -0.143. The van der Waals surface area contributed by atoms with Crippen LogP contribution < -0.4 is 10.1 Å². The fourth-order valence-corrected chi connectivity index (χ4v) is 1.63. The molecule has 1 amide bonds. The molecule has 0 saturated carbocycles. The van der Waals surface area contributed by atoms with E-state index >= 15 is 0 Å². The average molecular weight is 300 g/mol. The molecule has 0 heterocycles. The maximum Gasteiger partial charge on any atom is 0.307 e. The summed E-state index contributed by atoms with van der Waals surface area (Å²) < 4.78 is 10.2. The molecule has 0 aliphatic heterocycles. The zero-order valence-corrected chi connectivity index (χ0v) is 12.3. The van der Waals surface area contributed by atoms with Crippen LogP contribution in [0.5, 0.6) is 5.75 Å². The second kappa shape index (κ2) is 8.43. The average Bonchev–Trinajstić information content (AvgIpc) is 2.41. The molecule has 1 aromatic rings. The molecule has 1 N–H and O–H groups in total. The lowest BCUT2D eigenvalue weighted by Crippen LogP contribution is -2.37. The number of rotatable bonds is 7. The minimum Gasteiger partial charge on any atom is -0.479 e. The van der Waals surface area contributed by atoms with Gasteiger partial charge in [-0.3, -0.25) is 9.59 Å². The molecule has 0 spiro atoms. The van der Waals surface area contributed by atoms with Crippen LogP contribution in [0.15, 0.2) is 24.3 Å².